The van der Waals surface area contributed by atoms with Crippen LogP contribution in [0.3, 0.4) is 0 Å². The molecule has 4 saturated heterocycles. The smallest absolute Gasteiger partial charge is 0.307 e. The summed E-state index contributed by atoms with van der Waals surface area (Å²) in [7, 11) is 3.15. The van der Waals surface area contributed by atoms with E-state index in [1.54, 1.807) is 13.2 Å². The van der Waals surface area contributed by atoms with Gasteiger partial charge in [-0.15, -0.1) is 0 Å². The largest absolute Gasteiger partial charge is 0.496 e. The molecular formula is C27H41ClN4O6. The molecule has 0 spiro atoms. The Labute approximate surface area is 229 Å². The van der Waals surface area contributed by atoms with E-state index in [0.717, 1.165) is 64.7 Å². The Balaban J connectivity index is 1.16. The van der Waals surface area contributed by atoms with Crippen LogP contribution in [-0.4, -0.2) is 98.2 Å². The fraction of sp³-hybridized carbons (Fsp3) is 0.704. The second-order valence-corrected chi connectivity index (χ2v) is 11.0. The van der Waals surface area contributed by atoms with Crippen molar-refractivity contribution in [2.24, 2.45) is 5.92 Å². The summed E-state index contributed by atoms with van der Waals surface area (Å²) in [6.07, 6.45) is 4.54. The van der Waals surface area contributed by atoms with Gasteiger partial charge in [0.25, 0.3) is 5.91 Å². The average Bonchev–Trinajstić information content (AvgIpc) is 2.92. The maximum Gasteiger partial charge on any atom is 0.307 e. The van der Waals surface area contributed by atoms with E-state index >= 15 is 0 Å². The van der Waals surface area contributed by atoms with E-state index in [2.05, 4.69) is 15.1 Å². The van der Waals surface area contributed by atoms with E-state index in [-0.39, 0.29) is 29.9 Å². The number of anilines is 1. The highest BCUT2D eigenvalue weighted by molar-refractivity contribution is 6.33. The van der Waals surface area contributed by atoms with Crippen molar-refractivity contribution in [2.45, 2.75) is 69.4 Å². The van der Waals surface area contributed by atoms with E-state index < -0.39 is 12.3 Å². The Morgan fingerprint density at radius 2 is 1.89 bits per heavy atom. The van der Waals surface area contributed by atoms with Gasteiger partial charge in [0.2, 0.25) is 0 Å². The maximum atomic E-state index is 13.0. The van der Waals surface area contributed by atoms with Crippen LogP contribution in [0.25, 0.3) is 0 Å². The lowest BCUT2D eigenvalue weighted by molar-refractivity contribution is -0.200. The number of nitrogens with one attached hydrogen (secondary N) is 1. The molecule has 1 aromatic rings. The molecule has 1 amide bonds. The Bertz CT molecular complexity index is 971. The zero-order valence-corrected chi connectivity index (χ0v) is 23.1. The molecule has 4 aliphatic rings. The highest BCUT2D eigenvalue weighted by atomic mass is 35.5. The van der Waals surface area contributed by atoms with Gasteiger partial charge in [-0.05, 0) is 50.6 Å². The predicted octanol–water partition coefficient (Wildman–Crippen LogP) is 2.27. The number of nitrogens with zero attached hydrogens (tertiary/aromatic N) is 2. The number of aliphatic hydroxyl groups is 1. The molecule has 4 atom stereocenters. The van der Waals surface area contributed by atoms with Crippen LogP contribution < -0.4 is 15.8 Å². The fourth-order valence-electron chi connectivity index (χ4n) is 5.83. The number of carbonyl (C=O) groups is 2. The van der Waals surface area contributed by atoms with Gasteiger partial charge in [0.15, 0.2) is 6.23 Å². The van der Waals surface area contributed by atoms with Crippen molar-refractivity contribution in [1.29, 1.82) is 0 Å². The number of fused-ring (bicyclic) bond motifs is 3. The molecule has 0 aliphatic carbocycles. The lowest BCUT2D eigenvalue weighted by atomic mass is 9.84. The first-order chi connectivity index (χ1) is 18.3. The van der Waals surface area contributed by atoms with Crippen LogP contribution in [0.2, 0.25) is 5.02 Å². The molecule has 2 bridgehead atoms. The Hall–Kier alpha value is -2.11. The lowest BCUT2D eigenvalue weighted by Crippen LogP contribution is -2.59. The molecule has 11 heteroatoms. The molecule has 4 heterocycles. The number of aliphatic hydroxyl groups excluding tert-OH is 1. The molecule has 1 aromatic carbocycles. The molecule has 4 N–H and O–H groups in total. The molecule has 0 radical (unpaired) electrons. The first-order valence-electron chi connectivity index (χ1n) is 13.6. The summed E-state index contributed by atoms with van der Waals surface area (Å²) in [5.41, 5.74) is 6.53. The number of hydrogen-bond donors (Lipinski definition) is 3. The minimum atomic E-state index is -0.561. The summed E-state index contributed by atoms with van der Waals surface area (Å²) in [5.74, 6) is 0.128. The van der Waals surface area contributed by atoms with Crippen LogP contribution in [0.1, 0.15) is 55.3 Å². The Kier molecular flexibility index (Phi) is 10.1. The van der Waals surface area contributed by atoms with Crippen molar-refractivity contribution in [3.8, 4) is 5.75 Å². The first kappa shape index (κ1) is 28.9. The summed E-state index contributed by atoms with van der Waals surface area (Å²) in [6.45, 7) is 4.23. The number of piperidine rings is 4. The number of carbonyl (C=O) groups excluding carboxylic acids is 2. The van der Waals surface area contributed by atoms with Crippen LogP contribution in [0, 0.1) is 5.92 Å². The Morgan fingerprint density at radius 3 is 2.58 bits per heavy atom. The summed E-state index contributed by atoms with van der Waals surface area (Å²) in [4.78, 5) is 29.7. The average molecular weight is 553 g/mol. The van der Waals surface area contributed by atoms with Crippen LogP contribution in [0.15, 0.2) is 12.1 Å². The molecule has 10 nitrogen and oxygen atoms in total. The van der Waals surface area contributed by atoms with E-state index in [9.17, 15) is 14.7 Å². The van der Waals surface area contributed by atoms with Crippen molar-refractivity contribution >= 4 is 29.2 Å². The van der Waals surface area contributed by atoms with Gasteiger partial charge in [-0.25, -0.2) is 0 Å². The van der Waals surface area contributed by atoms with Gasteiger partial charge >= 0.3 is 5.97 Å². The standard InChI is InChI=1S/C27H41ClN4O6/c1-36-22-15-20(29)19(28)14-18(22)26(35)30-21-9-11-31(16-23(21)37-2)10-5-3-4-6-24(33)38-27-25(34)17-7-12-32(27)13-8-17/h14-15,17,21,23,25,27,34H,3-13,16,29H2,1-2H3,(H,30,35)/t21-,23+,25+,27+/m0/s1. The van der Waals surface area contributed by atoms with Crippen LogP contribution in [0.4, 0.5) is 5.69 Å². The van der Waals surface area contributed by atoms with Crippen LogP contribution in [0.5, 0.6) is 5.75 Å². The third kappa shape index (κ3) is 6.90. The number of methoxy groups -OCH3 is 2. The van der Waals surface area contributed by atoms with Crippen molar-refractivity contribution in [2.75, 3.05) is 52.7 Å². The summed E-state index contributed by atoms with van der Waals surface area (Å²) in [5, 5.41) is 13.8. The first-order valence-corrected chi connectivity index (χ1v) is 14.0. The summed E-state index contributed by atoms with van der Waals surface area (Å²) in [6, 6.07) is 2.94. The van der Waals surface area contributed by atoms with E-state index in [4.69, 9.17) is 31.5 Å². The normalized spacial score (nSPS) is 29.2. The molecule has 0 aromatic heterocycles. The van der Waals surface area contributed by atoms with Crippen molar-refractivity contribution in [1.82, 2.24) is 15.1 Å². The van der Waals surface area contributed by atoms with E-state index in [0.29, 0.717) is 35.0 Å². The molecule has 4 aliphatic heterocycles. The van der Waals surface area contributed by atoms with Gasteiger partial charge in [0, 0.05) is 45.8 Å². The van der Waals surface area contributed by atoms with Crippen molar-refractivity contribution in [3.63, 3.8) is 0 Å². The number of halogens is 1. The number of likely N-dealkylation sites (tertiary alicyclic amines) is 1. The van der Waals surface area contributed by atoms with Gasteiger partial charge in [-0.3, -0.25) is 14.5 Å². The van der Waals surface area contributed by atoms with Crippen molar-refractivity contribution < 1.29 is 28.9 Å². The number of amides is 1. The van der Waals surface area contributed by atoms with Gasteiger partial charge in [0.1, 0.15) is 11.9 Å². The molecular weight excluding hydrogens is 512 g/mol. The SMILES string of the molecule is COc1cc(N)c(Cl)cc1C(=O)N[C@H]1CCN(CCCCCC(=O)O[C@@H]2[C@H](O)C3CCN2CC3)C[C@H]1OC. The number of hydrogen-bond acceptors (Lipinski definition) is 9. The topological polar surface area (TPSA) is 127 Å². The van der Waals surface area contributed by atoms with E-state index in [1.165, 1.54) is 13.2 Å². The quantitative estimate of drug-likeness (QED) is 0.215. The minimum Gasteiger partial charge on any atom is -0.496 e. The molecule has 212 valence electrons. The van der Waals surface area contributed by atoms with E-state index in [1.807, 2.05) is 0 Å². The maximum absolute atomic E-state index is 13.0. The molecule has 5 rings (SSSR count). The second kappa shape index (κ2) is 13.3. The van der Waals surface area contributed by atoms with Crippen molar-refractivity contribution in [3.05, 3.63) is 22.7 Å². The number of esters is 1. The molecule has 0 saturated carbocycles. The third-order valence-corrected chi connectivity index (χ3v) is 8.47. The highest BCUT2D eigenvalue weighted by Crippen LogP contribution is 2.33. The summed E-state index contributed by atoms with van der Waals surface area (Å²) < 4.78 is 16.6. The number of rotatable bonds is 11. The molecule has 4 fully saturated rings. The highest BCUT2D eigenvalue weighted by Gasteiger charge is 2.43. The third-order valence-electron chi connectivity index (χ3n) is 8.14. The van der Waals surface area contributed by atoms with Crippen LogP contribution in [-0.2, 0) is 14.3 Å². The number of ether oxygens (including phenoxy) is 3. The Morgan fingerprint density at radius 1 is 1.13 bits per heavy atom. The number of benzene rings is 1. The van der Waals surface area contributed by atoms with Gasteiger partial charge in [0.05, 0.1) is 35.5 Å². The monoisotopic (exact) mass is 552 g/mol. The number of nitrogens with two attached hydrogens (primary N) is 1. The summed E-state index contributed by atoms with van der Waals surface area (Å²) >= 11 is 6.13. The van der Waals surface area contributed by atoms with Gasteiger partial charge in [-0.2, -0.15) is 0 Å². The number of unbranched alkanes of at least 4 members (excludes halogenated alkanes) is 2. The zero-order chi connectivity index (χ0) is 27.2. The predicted molar refractivity (Wildman–Crippen MR) is 144 cm³/mol. The fourth-order valence-corrected chi connectivity index (χ4v) is 6.00. The lowest BCUT2D eigenvalue weighted by Gasteiger charge is -2.47. The van der Waals surface area contributed by atoms with Gasteiger partial charge < -0.3 is 35.3 Å². The molecule has 38 heavy (non-hydrogen) atoms. The minimum absolute atomic E-state index is 0.138. The second-order valence-electron chi connectivity index (χ2n) is 10.6. The van der Waals surface area contributed by atoms with Gasteiger partial charge in [-0.1, -0.05) is 18.0 Å². The number of nitrogen functional groups attached to an aromatic ring is 1. The van der Waals surface area contributed by atoms with Crippen LogP contribution >= 0.6 is 11.6 Å². The zero-order valence-electron chi connectivity index (χ0n) is 22.4. The molecule has 0 unspecified atom stereocenters.